The average molecular weight is 319 g/mol. The van der Waals surface area contributed by atoms with Gasteiger partial charge in [-0.25, -0.2) is 0 Å². The molecule has 0 aromatic heterocycles. The summed E-state index contributed by atoms with van der Waals surface area (Å²) in [6, 6.07) is 8.08. The minimum Gasteiger partial charge on any atom is -0.496 e. The van der Waals surface area contributed by atoms with E-state index in [9.17, 15) is 4.79 Å². The van der Waals surface area contributed by atoms with Crippen molar-refractivity contribution in [2.75, 3.05) is 40.8 Å². The van der Waals surface area contributed by atoms with Crippen LogP contribution in [0.3, 0.4) is 0 Å². The van der Waals surface area contributed by atoms with Crippen LogP contribution in [0.1, 0.15) is 30.9 Å². The van der Waals surface area contributed by atoms with Crippen molar-refractivity contribution in [3.05, 3.63) is 29.8 Å². The van der Waals surface area contributed by atoms with E-state index in [1.807, 2.05) is 32.3 Å². The summed E-state index contributed by atoms with van der Waals surface area (Å²) in [7, 11) is 5.72. The van der Waals surface area contributed by atoms with Crippen molar-refractivity contribution >= 4 is 5.91 Å². The Morgan fingerprint density at radius 2 is 2.22 bits per heavy atom. The van der Waals surface area contributed by atoms with E-state index in [2.05, 4.69) is 21.6 Å². The fourth-order valence-corrected chi connectivity index (χ4v) is 3.11. The minimum atomic E-state index is 0.100. The molecule has 5 nitrogen and oxygen atoms in total. The fourth-order valence-electron chi connectivity index (χ4n) is 3.11. The quantitative estimate of drug-likeness (QED) is 0.767. The highest BCUT2D eigenvalue weighted by Crippen LogP contribution is 2.27. The van der Waals surface area contributed by atoms with Gasteiger partial charge in [0.05, 0.1) is 13.2 Å². The molecule has 1 aliphatic heterocycles. The molecule has 0 saturated carbocycles. The number of carbonyl (C=O) groups is 1. The Morgan fingerprint density at radius 3 is 2.87 bits per heavy atom. The highest BCUT2D eigenvalue weighted by molar-refractivity contribution is 5.75. The smallest absolute Gasteiger partial charge is 0.220 e. The molecule has 2 unspecified atom stereocenters. The number of carbonyl (C=O) groups excluding carboxylic acids is 1. The summed E-state index contributed by atoms with van der Waals surface area (Å²) in [4.78, 5) is 14.2. The van der Waals surface area contributed by atoms with Gasteiger partial charge in [0.15, 0.2) is 0 Å². The highest BCUT2D eigenvalue weighted by atomic mass is 16.5. The maximum Gasteiger partial charge on any atom is 0.220 e. The standard InChI is InChI=1S/C18H29N3O2/c1-21(2)16(15-6-4-5-7-17(15)23-3)13-20-18(22)9-8-14-10-11-19-12-14/h4-7,14,16,19H,8-13H2,1-3H3,(H,20,22). The van der Waals surface area contributed by atoms with Crippen LogP contribution in [-0.4, -0.2) is 51.6 Å². The molecule has 2 atom stereocenters. The lowest BCUT2D eigenvalue weighted by molar-refractivity contribution is -0.121. The van der Waals surface area contributed by atoms with E-state index >= 15 is 0 Å². The van der Waals surface area contributed by atoms with Crippen LogP contribution < -0.4 is 15.4 Å². The maximum absolute atomic E-state index is 12.1. The van der Waals surface area contributed by atoms with Crippen LogP contribution in [0, 0.1) is 5.92 Å². The van der Waals surface area contributed by atoms with Crippen molar-refractivity contribution in [2.24, 2.45) is 5.92 Å². The molecule has 23 heavy (non-hydrogen) atoms. The third kappa shape index (κ3) is 5.22. The van der Waals surface area contributed by atoms with Gasteiger partial charge in [-0.1, -0.05) is 18.2 Å². The van der Waals surface area contributed by atoms with Crippen LogP contribution in [0.15, 0.2) is 24.3 Å². The first-order chi connectivity index (χ1) is 11.1. The number of nitrogens with zero attached hydrogens (tertiary/aromatic N) is 1. The van der Waals surface area contributed by atoms with Crippen molar-refractivity contribution in [3.8, 4) is 5.75 Å². The molecule has 0 spiro atoms. The van der Waals surface area contributed by atoms with Crippen molar-refractivity contribution in [2.45, 2.75) is 25.3 Å². The minimum absolute atomic E-state index is 0.100. The van der Waals surface area contributed by atoms with E-state index in [1.54, 1.807) is 7.11 Å². The fraction of sp³-hybridized carbons (Fsp3) is 0.611. The summed E-state index contributed by atoms with van der Waals surface area (Å²) in [6.07, 6.45) is 2.77. The van der Waals surface area contributed by atoms with E-state index < -0.39 is 0 Å². The number of hydrogen-bond acceptors (Lipinski definition) is 4. The molecule has 2 rings (SSSR count). The highest BCUT2D eigenvalue weighted by Gasteiger charge is 2.20. The number of likely N-dealkylation sites (N-methyl/N-ethyl adjacent to an activating group) is 1. The first-order valence-electron chi connectivity index (χ1n) is 8.38. The predicted molar refractivity (Wildman–Crippen MR) is 92.6 cm³/mol. The lowest BCUT2D eigenvalue weighted by Crippen LogP contribution is -2.34. The molecule has 0 radical (unpaired) electrons. The van der Waals surface area contributed by atoms with Crippen LogP contribution in [0.2, 0.25) is 0 Å². The van der Waals surface area contributed by atoms with Crippen LogP contribution in [0.25, 0.3) is 0 Å². The van der Waals surface area contributed by atoms with Gasteiger partial charge < -0.3 is 20.3 Å². The Bertz CT molecular complexity index is 499. The van der Waals surface area contributed by atoms with Crippen LogP contribution in [-0.2, 0) is 4.79 Å². The Hall–Kier alpha value is -1.59. The van der Waals surface area contributed by atoms with Crippen LogP contribution in [0.5, 0.6) is 5.75 Å². The number of nitrogens with one attached hydrogen (secondary N) is 2. The van der Waals surface area contributed by atoms with E-state index in [0.717, 1.165) is 30.8 Å². The third-order valence-corrected chi connectivity index (χ3v) is 4.56. The number of ether oxygens (including phenoxy) is 1. The van der Waals surface area contributed by atoms with Crippen molar-refractivity contribution < 1.29 is 9.53 Å². The Balaban J connectivity index is 1.88. The molecular weight excluding hydrogens is 290 g/mol. The van der Waals surface area contributed by atoms with Gasteiger partial charge in [0.25, 0.3) is 0 Å². The Morgan fingerprint density at radius 1 is 1.43 bits per heavy atom. The molecule has 1 aliphatic rings. The van der Waals surface area contributed by atoms with Crippen molar-refractivity contribution in [1.82, 2.24) is 15.5 Å². The predicted octanol–water partition coefficient (Wildman–Crippen LogP) is 1.80. The summed E-state index contributed by atoms with van der Waals surface area (Å²) in [6.45, 7) is 2.73. The molecule has 1 fully saturated rings. The number of rotatable bonds is 8. The third-order valence-electron chi connectivity index (χ3n) is 4.56. The van der Waals surface area contributed by atoms with Gasteiger partial charge in [-0.05, 0) is 52.0 Å². The van der Waals surface area contributed by atoms with Gasteiger partial charge in [0.1, 0.15) is 5.75 Å². The zero-order valence-electron chi connectivity index (χ0n) is 14.5. The van der Waals surface area contributed by atoms with Gasteiger partial charge in [0.2, 0.25) is 5.91 Å². The SMILES string of the molecule is COc1ccccc1C(CNC(=O)CCC1CCNC1)N(C)C. The molecule has 1 heterocycles. The van der Waals surface area contributed by atoms with Crippen LogP contribution >= 0.6 is 0 Å². The van der Waals surface area contributed by atoms with Gasteiger partial charge in [-0.15, -0.1) is 0 Å². The second kappa shape index (κ2) is 8.89. The van der Waals surface area contributed by atoms with E-state index in [4.69, 9.17) is 4.74 Å². The van der Waals surface area contributed by atoms with Crippen molar-refractivity contribution in [3.63, 3.8) is 0 Å². The lowest BCUT2D eigenvalue weighted by atomic mass is 10.0. The first kappa shape index (κ1) is 17.8. The molecule has 5 heteroatoms. The number of hydrogen-bond donors (Lipinski definition) is 2. The molecule has 2 N–H and O–H groups in total. The maximum atomic E-state index is 12.1. The molecule has 0 bridgehead atoms. The molecular formula is C18H29N3O2. The molecule has 1 amide bonds. The monoisotopic (exact) mass is 319 g/mol. The van der Waals surface area contributed by atoms with E-state index in [0.29, 0.717) is 18.9 Å². The van der Waals surface area contributed by atoms with Gasteiger partial charge in [-0.3, -0.25) is 4.79 Å². The Kier molecular flexibility index (Phi) is 6.86. The normalized spacial score (nSPS) is 18.9. The molecule has 128 valence electrons. The second-order valence-electron chi connectivity index (χ2n) is 6.42. The van der Waals surface area contributed by atoms with E-state index in [1.165, 1.54) is 6.42 Å². The number of methoxy groups -OCH3 is 1. The van der Waals surface area contributed by atoms with Gasteiger partial charge in [0, 0.05) is 18.5 Å². The summed E-state index contributed by atoms with van der Waals surface area (Å²) >= 11 is 0. The number of para-hydroxylation sites is 1. The van der Waals surface area contributed by atoms with Crippen LogP contribution in [0.4, 0.5) is 0 Å². The second-order valence-corrected chi connectivity index (χ2v) is 6.42. The molecule has 1 saturated heterocycles. The zero-order valence-corrected chi connectivity index (χ0v) is 14.5. The summed E-state index contributed by atoms with van der Waals surface area (Å²) in [5, 5.41) is 6.42. The number of benzene rings is 1. The summed E-state index contributed by atoms with van der Waals surface area (Å²) in [5.41, 5.74) is 1.10. The van der Waals surface area contributed by atoms with Crippen molar-refractivity contribution in [1.29, 1.82) is 0 Å². The van der Waals surface area contributed by atoms with Gasteiger partial charge >= 0.3 is 0 Å². The molecule has 1 aromatic carbocycles. The Labute approximate surface area is 139 Å². The average Bonchev–Trinajstić information content (AvgIpc) is 3.06. The summed E-state index contributed by atoms with van der Waals surface area (Å²) in [5.74, 6) is 1.65. The van der Waals surface area contributed by atoms with Gasteiger partial charge in [-0.2, -0.15) is 0 Å². The number of amides is 1. The lowest BCUT2D eigenvalue weighted by Gasteiger charge is -2.26. The summed E-state index contributed by atoms with van der Waals surface area (Å²) < 4.78 is 5.45. The topological polar surface area (TPSA) is 53.6 Å². The van der Waals surface area contributed by atoms with E-state index in [-0.39, 0.29) is 11.9 Å². The zero-order chi connectivity index (χ0) is 16.7. The molecule has 1 aromatic rings. The largest absolute Gasteiger partial charge is 0.496 e. The first-order valence-corrected chi connectivity index (χ1v) is 8.38. The molecule has 0 aliphatic carbocycles.